The Labute approximate surface area is 433 Å². The minimum Gasteiger partial charge on any atom is -0.462 e. The first-order valence-electron chi connectivity index (χ1n) is 29.6. The van der Waals surface area contributed by atoms with Crippen molar-refractivity contribution < 1.29 is 28.6 Å². The lowest BCUT2D eigenvalue weighted by Crippen LogP contribution is -2.30. The Hall–Kier alpha value is -3.41. The molecule has 6 nitrogen and oxygen atoms in total. The molecular formula is C64H110O6. The molecule has 1 atom stereocenters. The van der Waals surface area contributed by atoms with Crippen LogP contribution in [0.25, 0.3) is 0 Å². The monoisotopic (exact) mass is 975 g/mol. The molecule has 0 spiro atoms. The van der Waals surface area contributed by atoms with Gasteiger partial charge >= 0.3 is 17.9 Å². The zero-order valence-electron chi connectivity index (χ0n) is 46.0. The average Bonchev–Trinajstić information content (AvgIpc) is 3.36. The highest BCUT2D eigenvalue weighted by Crippen LogP contribution is 2.16. The third-order valence-electron chi connectivity index (χ3n) is 12.6. The highest BCUT2D eigenvalue weighted by atomic mass is 16.6. The summed E-state index contributed by atoms with van der Waals surface area (Å²) in [5, 5.41) is 0. The van der Waals surface area contributed by atoms with Crippen molar-refractivity contribution in [3.63, 3.8) is 0 Å². The van der Waals surface area contributed by atoms with E-state index in [1.165, 1.54) is 141 Å². The van der Waals surface area contributed by atoms with Gasteiger partial charge in [-0.05, 0) is 96.3 Å². The fraction of sp³-hybridized carbons (Fsp3) is 0.734. The number of ether oxygens (including phenoxy) is 3. The second kappa shape index (κ2) is 58.2. The Balaban J connectivity index is 4.13. The standard InChI is InChI=1S/C64H110O6/c1-4-7-10-13-16-18-20-22-24-26-28-29-30-31-32-33-34-35-37-38-40-42-44-46-48-51-54-57-63(66)69-60-61(59-68-62(65)56-53-50-15-12-9-6-3)70-64(67)58-55-52-49-47-45-43-41-39-36-27-25-23-21-19-17-14-11-8-5-2/h8,11,17,19-20,22-23,25-26,28,36,39,43,45,61H,4-7,9-10,12-16,18,21,24,27,29-35,37-38,40-42,44,46-60H2,1-3H3/b11-8-,19-17-,22-20-,25-23-,28-26-,39-36-,45-43-. The van der Waals surface area contributed by atoms with Gasteiger partial charge in [-0.25, -0.2) is 0 Å². The number of hydrogen-bond acceptors (Lipinski definition) is 6. The van der Waals surface area contributed by atoms with Crippen molar-refractivity contribution in [1.82, 2.24) is 0 Å². The van der Waals surface area contributed by atoms with Gasteiger partial charge in [0.1, 0.15) is 13.2 Å². The van der Waals surface area contributed by atoms with E-state index in [2.05, 4.69) is 106 Å². The third-order valence-corrected chi connectivity index (χ3v) is 12.6. The number of hydrogen-bond donors (Lipinski definition) is 0. The Bertz CT molecular complexity index is 1350. The van der Waals surface area contributed by atoms with Gasteiger partial charge in [0.05, 0.1) is 0 Å². The Morgan fingerprint density at radius 2 is 0.557 bits per heavy atom. The first kappa shape index (κ1) is 66.6. The second-order valence-corrected chi connectivity index (χ2v) is 19.5. The van der Waals surface area contributed by atoms with E-state index in [4.69, 9.17) is 14.2 Å². The number of carbonyl (C=O) groups is 3. The maximum atomic E-state index is 12.8. The summed E-state index contributed by atoms with van der Waals surface area (Å²) in [6, 6.07) is 0. The van der Waals surface area contributed by atoms with Crippen molar-refractivity contribution in [2.75, 3.05) is 13.2 Å². The van der Waals surface area contributed by atoms with Crippen LogP contribution in [0.3, 0.4) is 0 Å². The zero-order chi connectivity index (χ0) is 50.7. The first-order chi connectivity index (χ1) is 34.5. The summed E-state index contributed by atoms with van der Waals surface area (Å²) < 4.78 is 16.7. The fourth-order valence-electron chi connectivity index (χ4n) is 8.21. The number of unbranched alkanes of at least 4 members (excludes halogenated alkanes) is 28. The molecule has 0 saturated heterocycles. The van der Waals surface area contributed by atoms with Gasteiger partial charge in [0, 0.05) is 19.3 Å². The largest absolute Gasteiger partial charge is 0.462 e. The summed E-state index contributed by atoms with van der Waals surface area (Å²) in [7, 11) is 0. The van der Waals surface area contributed by atoms with E-state index in [1.807, 2.05) is 0 Å². The van der Waals surface area contributed by atoms with Gasteiger partial charge in [-0.15, -0.1) is 0 Å². The quantitative estimate of drug-likeness (QED) is 0.0261. The first-order valence-corrected chi connectivity index (χ1v) is 29.6. The summed E-state index contributed by atoms with van der Waals surface area (Å²) in [5.74, 6) is -0.926. The van der Waals surface area contributed by atoms with Gasteiger partial charge in [-0.2, -0.15) is 0 Å². The van der Waals surface area contributed by atoms with Crippen LogP contribution >= 0.6 is 0 Å². The van der Waals surface area contributed by atoms with E-state index in [0.29, 0.717) is 19.3 Å². The lowest BCUT2D eigenvalue weighted by Gasteiger charge is -2.18. The van der Waals surface area contributed by atoms with Crippen LogP contribution in [0.2, 0.25) is 0 Å². The van der Waals surface area contributed by atoms with Gasteiger partial charge in [-0.1, -0.05) is 254 Å². The highest BCUT2D eigenvalue weighted by Gasteiger charge is 2.19. The van der Waals surface area contributed by atoms with E-state index < -0.39 is 6.10 Å². The summed E-state index contributed by atoms with van der Waals surface area (Å²) in [6.07, 6.45) is 76.2. The molecule has 0 saturated carbocycles. The minimum absolute atomic E-state index is 0.0887. The van der Waals surface area contributed by atoms with Crippen molar-refractivity contribution in [3.05, 3.63) is 85.1 Å². The number of rotatable bonds is 53. The predicted molar refractivity (Wildman–Crippen MR) is 302 cm³/mol. The minimum atomic E-state index is -0.791. The Morgan fingerprint density at radius 1 is 0.300 bits per heavy atom. The van der Waals surface area contributed by atoms with Gasteiger partial charge in [0.25, 0.3) is 0 Å². The molecule has 0 aromatic rings. The molecular weight excluding hydrogens is 865 g/mol. The molecule has 0 amide bonds. The molecule has 0 heterocycles. The molecule has 0 aromatic heterocycles. The van der Waals surface area contributed by atoms with Crippen LogP contribution in [-0.4, -0.2) is 37.2 Å². The van der Waals surface area contributed by atoms with Gasteiger partial charge in [0.15, 0.2) is 6.10 Å². The van der Waals surface area contributed by atoms with Crippen LogP contribution in [0, 0.1) is 0 Å². The molecule has 0 aliphatic heterocycles. The van der Waals surface area contributed by atoms with Crippen LogP contribution in [0.4, 0.5) is 0 Å². The van der Waals surface area contributed by atoms with Crippen molar-refractivity contribution in [2.45, 2.75) is 290 Å². The predicted octanol–water partition coefficient (Wildman–Crippen LogP) is 19.9. The maximum Gasteiger partial charge on any atom is 0.306 e. The van der Waals surface area contributed by atoms with Crippen molar-refractivity contribution in [3.8, 4) is 0 Å². The molecule has 0 radical (unpaired) electrons. The zero-order valence-corrected chi connectivity index (χ0v) is 46.0. The van der Waals surface area contributed by atoms with Gasteiger partial charge in [0.2, 0.25) is 0 Å². The van der Waals surface area contributed by atoms with Crippen molar-refractivity contribution >= 4 is 17.9 Å². The van der Waals surface area contributed by atoms with Crippen LogP contribution in [0.1, 0.15) is 284 Å². The SMILES string of the molecule is CC/C=C\C/C=C\C/C=C\C/C=C\C/C=C\CCCCCC(=O)OC(COC(=O)CCCCCCCC)COC(=O)CCCCCCCCCCCCCCCCC/C=C\C/C=C\CCCCCCC. The van der Waals surface area contributed by atoms with Gasteiger partial charge < -0.3 is 14.2 Å². The molecule has 6 heteroatoms. The fourth-order valence-corrected chi connectivity index (χ4v) is 8.21. The smallest absolute Gasteiger partial charge is 0.306 e. The molecule has 70 heavy (non-hydrogen) atoms. The van der Waals surface area contributed by atoms with Gasteiger partial charge in [-0.3, -0.25) is 14.4 Å². The summed E-state index contributed by atoms with van der Waals surface area (Å²) in [6.45, 7) is 6.44. The average molecular weight is 976 g/mol. The highest BCUT2D eigenvalue weighted by molar-refractivity contribution is 5.71. The summed E-state index contributed by atoms with van der Waals surface area (Å²) in [4.78, 5) is 37.9. The molecule has 402 valence electrons. The number of carbonyl (C=O) groups excluding carboxylic acids is 3. The molecule has 0 N–H and O–H groups in total. The lowest BCUT2D eigenvalue weighted by atomic mass is 10.0. The van der Waals surface area contributed by atoms with E-state index in [-0.39, 0.29) is 31.1 Å². The van der Waals surface area contributed by atoms with Crippen LogP contribution in [-0.2, 0) is 28.6 Å². The summed E-state index contributed by atoms with van der Waals surface area (Å²) >= 11 is 0. The van der Waals surface area contributed by atoms with Crippen LogP contribution < -0.4 is 0 Å². The van der Waals surface area contributed by atoms with Crippen LogP contribution in [0.15, 0.2) is 85.1 Å². The van der Waals surface area contributed by atoms with E-state index in [9.17, 15) is 14.4 Å². The Kier molecular flexibility index (Phi) is 55.3. The topological polar surface area (TPSA) is 78.9 Å². The summed E-state index contributed by atoms with van der Waals surface area (Å²) in [5.41, 5.74) is 0. The van der Waals surface area contributed by atoms with E-state index >= 15 is 0 Å². The van der Waals surface area contributed by atoms with E-state index in [0.717, 1.165) is 103 Å². The third kappa shape index (κ3) is 55.5. The number of allylic oxidation sites excluding steroid dienone is 14. The molecule has 0 aromatic carbocycles. The number of esters is 3. The molecule has 0 bridgehead atoms. The maximum absolute atomic E-state index is 12.8. The molecule has 0 rings (SSSR count). The van der Waals surface area contributed by atoms with Crippen molar-refractivity contribution in [2.24, 2.45) is 0 Å². The van der Waals surface area contributed by atoms with Crippen LogP contribution in [0.5, 0.6) is 0 Å². The van der Waals surface area contributed by atoms with E-state index in [1.54, 1.807) is 0 Å². The molecule has 1 unspecified atom stereocenters. The Morgan fingerprint density at radius 3 is 0.886 bits per heavy atom. The normalized spacial score (nSPS) is 12.7. The molecule has 0 aliphatic rings. The second-order valence-electron chi connectivity index (χ2n) is 19.5. The molecule has 0 fully saturated rings. The van der Waals surface area contributed by atoms with Crippen molar-refractivity contribution in [1.29, 1.82) is 0 Å². The lowest BCUT2D eigenvalue weighted by molar-refractivity contribution is -0.167. The molecule has 0 aliphatic carbocycles.